The molecule has 0 saturated carbocycles. The maximum Gasteiger partial charge on any atom is 0.324 e. The van der Waals surface area contributed by atoms with Crippen molar-refractivity contribution in [1.82, 2.24) is 4.90 Å². The zero-order chi connectivity index (χ0) is 18.4. The van der Waals surface area contributed by atoms with Crippen LogP contribution in [0.15, 0.2) is 24.3 Å². The van der Waals surface area contributed by atoms with Crippen LogP contribution in [0.5, 0.6) is 0 Å². The number of thiophene rings is 1. The lowest BCUT2D eigenvalue weighted by Gasteiger charge is -2.31. The fourth-order valence-electron chi connectivity index (χ4n) is 3.91. The number of likely N-dealkylation sites (N-methyl/N-ethyl adjacent to an activating group) is 1. The predicted molar refractivity (Wildman–Crippen MR) is 104 cm³/mol. The van der Waals surface area contributed by atoms with Crippen LogP contribution in [0.2, 0.25) is 5.02 Å². The molecule has 0 aliphatic carbocycles. The summed E-state index contributed by atoms with van der Waals surface area (Å²) >= 11 is 7.31. The molecule has 0 radical (unpaired) electrons. The first-order valence-corrected chi connectivity index (χ1v) is 9.64. The van der Waals surface area contributed by atoms with Crippen LogP contribution in [0, 0.1) is 0 Å². The summed E-state index contributed by atoms with van der Waals surface area (Å²) in [6, 6.07) is 7.16. The van der Waals surface area contributed by atoms with Crippen LogP contribution >= 0.6 is 22.9 Å². The Morgan fingerprint density at radius 3 is 2.65 bits per heavy atom. The Labute approximate surface area is 160 Å². The molecule has 1 aromatic carbocycles. The van der Waals surface area contributed by atoms with E-state index in [0.29, 0.717) is 33.4 Å². The second-order valence-corrected chi connectivity index (χ2v) is 8.20. The van der Waals surface area contributed by atoms with Crippen molar-refractivity contribution in [3.8, 4) is 0 Å². The number of amides is 3. The zero-order valence-corrected chi connectivity index (χ0v) is 15.8. The Balaban J connectivity index is 1.60. The number of primary amides is 1. The molecule has 26 heavy (non-hydrogen) atoms. The van der Waals surface area contributed by atoms with Gasteiger partial charge in [-0.1, -0.05) is 11.6 Å². The molecule has 2 aliphatic rings. The molecule has 6 nitrogen and oxygen atoms in total. The van der Waals surface area contributed by atoms with E-state index in [-0.39, 0.29) is 0 Å². The average Bonchev–Trinajstić information content (AvgIpc) is 3.05. The number of hydrogen-bond donors (Lipinski definition) is 3. The van der Waals surface area contributed by atoms with Gasteiger partial charge in [-0.3, -0.25) is 15.0 Å². The van der Waals surface area contributed by atoms with E-state index in [0.717, 1.165) is 29.7 Å². The summed E-state index contributed by atoms with van der Waals surface area (Å²) in [5.41, 5.74) is 7.73. The highest BCUT2D eigenvalue weighted by Gasteiger charge is 2.41. The maximum absolute atomic E-state index is 12.4. The first-order valence-electron chi connectivity index (χ1n) is 8.45. The Hall–Kier alpha value is -2.09. The molecule has 2 aromatic rings. The predicted octanol–water partition coefficient (Wildman–Crippen LogP) is 3.84. The molecule has 1 saturated heterocycles. The van der Waals surface area contributed by atoms with Gasteiger partial charge in [0.25, 0.3) is 5.91 Å². The van der Waals surface area contributed by atoms with Gasteiger partial charge in [0.2, 0.25) is 0 Å². The minimum Gasteiger partial charge on any atom is -0.365 e. The van der Waals surface area contributed by atoms with E-state index in [4.69, 9.17) is 17.3 Å². The number of urea groups is 1. The summed E-state index contributed by atoms with van der Waals surface area (Å²) in [5.74, 6) is -0.492. The van der Waals surface area contributed by atoms with Crippen LogP contribution in [0.25, 0.3) is 0 Å². The summed E-state index contributed by atoms with van der Waals surface area (Å²) < 4.78 is 0. The Bertz CT molecular complexity index is 880. The third-order valence-electron chi connectivity index (χ3n) is 5.20. The second-order valence-electron chi connectivity index (χ2n) is 6.72. The normalized spacial score (nSPS) is 21.3. The van der Waals surface area contributed by atoms with Crippen molar-refractivity contribution in [2.45, 2.75) is 31.3 Å². The fraction of sp³-hybridized carbons (Fsp3) is 0.333. The monoisotopic (exact) mass is 390 g/mol. The summed E-state index contributed by atoms with van der Waals surface area (Å²) in [6.07, 6.45) is 3.00. The van der Waals surface area contributed by atoms with E-state index in [1.165, 1.54) is 11.3 Å². The highest BCUT2D eigenvalue weighted by molar-refractivity contribution is 7.17. The largest absolute Gasteiger partial charge is 0.365 e. The van der Waals surface area contributed by atoms with Crippen molar-refractivity contribution < 1.29 is 9.59 Å². The number of nitrogens with two attached hydrogens (primary N) is 1. The van der Waals surface area contributed by atoms with Crippen LogP contribution in [-0.4, -0.2) is 29.9 Å². The first kappa shape index (κ1) is 17.3. The number of fused-ring (bicyclic) bond motifs is 4. The van der Waals surface area contributed by atoms with Gasteiger partial charge in [0, 0.05) is 27.7 Å². The number of nitrogens with zero attached hydrogens (tertiary/aromatic N) is 1. The molecule has 2 aliphatic heterocycles. The minimum absolute atomic E-state index is 0.307. The molecular formula is C18H19ClN4O2S. The standard InChI is InChI=1S/C18H19ClN4O2S/c1-23-11-6-7-13(23)15-12(8-11)14(16(20)24)17(26-15)22-18(25)21-10-4-2-9(19)3-5-10/h2-5,11,13H,6-8H2,1H3,(H2,20,24)(H2,21,22,25)/t11-,13+/m1/s1. The SMILES string of the molecule is CN1[C@@H]2CC[C@H]1c1sc(NC(=O)Nc3ccc(Cl)cc3)c(C(N)=O)c1C2. The minimum atomic E-state index is -0.492. The van der Waals surface area contributed by atoms with Crippen molar-refractivity contribution in [2.75, 3.05) is 17.7 Å². The summed E-state index contributed by atoms with van der Waals surface area (Å²) in [4.78, 5) is 28.0. The van der Waals surface area contributed by atoms with Crippen molar-refractivity contribution in [2.24, 2.45) is 5.73 Å². The van der Waals surface area contributed by atoms with Crippen molar-refractivity contribution in [3.63, 3.8) is 0 Å². The van der Waals surface area contributed by atoms with E-state index in [1.54, 1.807) is 24.3 Å². The Morgan fingerprint density at radius 1 is 1.23 bits per heavy atom. The maximum atomic E-state index is 12.4. The zero-order valence-electron chi connectivity index (χ0n) is 14.2. The summed E-state index contributed by atoms with van der Waals surface area (Å²) in [7, 11) is 2.12. The fourth-order valence-corrected chi connectivity index (χ4v) is 5.46. The van der Waals surface area contributed by atoms with E-state index < -0.39 is 11.9 Å². The lowest BCUT2D eigenvalue weighted by atomic mass is 9.97. The number of anilines is 2. The van der Waals surface area contributed by atoms with Crippen LogP contribution in [-0.2, 0) is 6.42 Å². The number of hydrogen-bond acceptors (Lipinski definition) is 4. The van der Waals surface area contributed by atoms with Crippen LogP contribution < -0.4 is 16.4 Å². The first-order chi connectivity index (χ1) is 12.4. The number of carbonyl (C=O) groups is 2. The van der Waals surface area contributed by atoms with E-state index >= 15 is 0 Å². The van der Waals surface area contributed by atoms with Crippen molar-refractivity contribution >= 4 is 45.6 Å². The number of carbonyl (C=O) groups excluding carboxylic acids is 2. The smallest absolute Gasteiger partial charge is 0.324 e. The quantitative estimate of drug-likeness (QED) is 0.744. The number of halogens is 1. The van der Waals surface area contributed by atoms with E-state index in [9.17, 15) is 9.59 Å². The van der Waals surface area contributed by atoms with Gasteiger partial charge in [0.15, 0.2) is 0 Å². The molecule has 2 atom stereocenters. The molecule has 0 unspecified atom stereocenters. The van der Waals surface area contributed by atoms with Gasteiger partial charge in [-0.15, -0.1) is 11.3 Å². The second kappa shape index (κ2) is 6.57. The van der Waals surface area contributed by atoms with Crippen LogP contribution in [0.4, 0.5) is 15.5 Å². The molecule has 8 heteroatoms. The molecular weight excluding hydrogens is 372 g/mol. The molecule has 1 aromatic heterocycles. The van der Waals surface area contributed by atoms with Crippen molar-refractivity contribution in [3.05, 3.63) is 45.3 Å². The van der Waals surface area contributed by atoms with Gasteiger partial charge in [-0.2, -0.15) is 0 Å². The highest BCUT2D eigenvalue weighted by Crippen LogP contribution is 2.49. The Kier molecular flexibility index (Phi) is 4.38. The Morgan fingerprint density at radius 2 is 1.96 bits per heavy atom. The molecule has 4 N–H and O–H groups in total. The van der Waals surface area contributed by atoms with Gasteiger partial charge in [-0.05, 0) is 56.1 Å². The van der Waals surface area contributed by atoms with Gasteiger partial charge >= 0.3 is 6.03 Å². The lowest BCUT2D eigenvalue weighted by Crippen LogP contribution is -2.34. The van der Waals surface area contributed by atoms with Crippen LogP contribution in [0.3, 0.4) is 0 Å². The third-order valence-corrected chi connectivity index (χ3v) is 6.70. The molecule has 0 spiro atoms. The van der Waals surface area contributed by atoms with E-state index in [2.05, 4.69) is 22.6 Å². The topological polar surface area (TPSA) is 87.5 Å². The van der Waals surface area contributed by atoms with E-state index in [1.807, 2.05) is 0 Å². The van der Waals surface area contributed by atoms with Gasteiger partial charge in [-0.25, -0.2) is 4.79 Å². The van der Waals surface area contributed by atoms with Gasteiger partial charge in [0.1, 0.15) is 5.00 Å². The van der Waals surface area contributed by atoms with Gasteiger partial charge < -0.3 is 11.1 Å². The molecule has 3 amide bonds. The third kappa shape index (κ3) is 2.96. The summed E-state index contributed by atoms with van der Waals surface area (Å²) in [6.45, 7) is 0. The van der Waals surface area contributed by atoms with Crippen molar-refractivity contribution in [1.29, 1.82) is 0 Å². The average molecular weight is 391 g/mol. The van der Waals surface area contributed by atoms with Gasteiger partial charge in [0.05, 0.1) is 5.56 Å². The molecule has 3 heterocycles. The number of benzene rings is 1. The van der Waals surface area contributed by atoms with Crippen LogP contribution in [0.1, 0.15) is 39.7 Å². The molecule has 136 valence electrons. The number of nitrogens with one attached hydrogen (secondary N) is 2. The highest BCUT2D eigenvalue weighted by atomic mass is 35.5. The molecule has 4 rings (SSSR count). The number of rotatable bonds is 3. The molecule has 2 bridgehead atoms. The summed E-state index contributed by atoms with van der Waals surface area (Å²) in [5, 5.41) is 6.66. The molecule has 1 fully saturated rings. The lowest BCUT2D eigenvalue weighted by molar-refractivity contribution is 0.0999.